The van der Waals surface area contributed by atoms with Gasteiger partial charge in [-0.05, 0) is 25.7 Å². The Kier molecular flexibility index (Phi) is 3.47. The van der Waals surface area contributed by atoms with Crippen LogP contribution >= 0.6 is 0 Å². The molecule has 5 heteroatoms. The van der Waals surface area contributed by atoms with Crippen LogP contribution in [0, 0.1) is 12.8 Å². The van der Waals surface area contributed by atoms with E-state index in [1.807, 2.05) is 20.0 Å². The number of aromatic nitrogens is 2. The Bertz CT molecular complexity index is 392. The van der Waals surface area contributed by atoms with Crippen LogP contribution < -0.4 is 15.4 Å². The van der Waals surface area contributed by atoms with Gasteiger partial charge in [-0.2, -0.15) is 4.98 Å². The molecule has 1 fully saturated rings. The smallest absolute Gasteiger partial charge is 0.228 e. The number of methoxy groups -OCH3 is 1. The van der Waals surface area contributed by atoms with Crippen molar-refractivity contribution in [3.63, 3.8) is 0 Å². The van der Waals surface area contributed by atoms with E-state index in [0.29, 0.717) is 30.3 Å². The summed E-state index contributed by atoms with van der Waals surface area (Å²) < 4.78 is 5.17. The minimum Gasteiger partial charge on any atom is -0.481 e. The van der Waals surface area contributed by atoms with Crippen LogP contribution in [0.25, 0.3) is 0 Å². The number of nitrogens with zero attached hydrogens (tertiary/aromatic N) is 3. The third-order valence-corrected chi connectivity index (χ3v) is 3.25. The Hall–Kier alpha value is -1.36. The highest BCUT2D eigenvalue weighted by Gasteiger charge is 2.34. The monoisotopic (exact) mass is 236 g/mol. The van der Waals surface area contributed by atoms with Gasteiger partial charge in [-0.3, -0.25) is 0 Å². The molecule has 1 aromatic rings. The first-order valence-electron chi connectivity index (χ1n) is 5.98. The fraction of sp³-hybridized carbons (Fsp3) is 0.667. The number of hydrogen-bond acceptors (Lipinski definition) is 5. The number of rotatable bonds is 5. The van der Waals surface area contributed by atoms with Crippen molar-refractivity contribution >= 4 is 5.95 Å². The van der Waals surface area contributed by atoms with Crippen molar-refractivity contribution in [2.75, 3.05) is 25.6 Å². The van der Waals surface area contributed by atoms with Crippen LogP contribution in [-0.2, 0) is 0 Å². The van der Waals surface area contributed by atoms with Gasteiger partial charge < -0.3 is 15.4 Å². The van der Waals surface area contributed by atoms with Crippen molar-refractivity contribution in [2.45, 2.75) is 25.8 Å². The van der Waals surface area contributed by atoms with Crippen LogP contribution in [-0.4, -0.2) is 36.7 Å². The van der Waals surface area contributed by atoms with E-state index in [-0.39, 0.29) is 0 Å². The van der Waals surface area contributed by atoms with Gasteiger partial charge in [0.05, 0.1) is 7.11 Å². The summed E-state index contributed by atoms with van der Waals surface area (Å²) in [5.41, 5.74) is 6.74. The van der Waals surface area contributed by atoms with Crippen molar-refractivity contribution in [3.8, 4) is 5.88 Å². The summed E-state index contributed by atoms with van der Waals surface area (Å²) in [4.78, 5) is 10.9. The second-order valence-electron chi connectivity index (χ2n) is 4.60. The maximum Gasteiger partial charge on any atom is 0.228 e. The molecule has 17 heavy (non-hydrogen) atoms. The predicted molar refractivity (Wildman–Crippen MR) is 67.3 cm³/mol. The molecule has 2 N–H and O–H groups in total. The van der Waals surface area contributed by atoms with Crippen molar-refractivity contribution in [2.24, 2.45) is 11.7 Å². The summed E-state index contributed by atoms with van der Waals surface area (Å²) in [6.45, 7) is 2.58. The third kappa shape index (κ3) is 2.66. The molecular weight excluding hydrogens is 216 g/mol. The van der Waals surface area contributed by atoms with Gasteiger partial charge in [-0.1, -0.05) is 0 Å². The van der Waals surface area contributed by atoms with Gasteiger partial charge in [0.2, 0.25) is 11.8 Å². The summed E-state index contributed by atoms with van der Waals surface area (Å²) in [5, 5.41) is 0. The summed E-state index contributed by atoms with van der Waals surface area (Å²) in [6, 6.07) is 2.16. The molecule has 94 valence electrons. The fourth-order valence-corrected chi connectivity index (χ4v) is 2.08. The fourth-order valence-electron chi connectivity index (χ4n) is 2.08. The molecular formula is C12H20N4O. The highest BCUT2D eigenvalue weighted by Crippen LogP contribution is 2.35. The summed E-state index contributed by atoms with van der Waals surface area (Å²) >= 11 is 0. The number of aryl methyl sites for hydroxylation is 1. The van der Waals surface area contributed by atoms with E-state index in [4.69, 9.17) is 10.5 Å². The molecule has 0 radical (unpaired) electrons. The maximum atomic E-state index is 5.83. The van der Waals surface area contributed by atoms with Gasteiger partial charge in [0.1, 0.15) is 0 Å². The van der Waals surface area contributed by atoms with Gasteiger partial charge in [0.25, 0.3) is 0 Å². The van der Waals surface area contributed by atoms with E-state index in [9.17, 15) is 0 Å². The average molecular weight is 236 g/mol. The van der Waals surface area contributed by atoms with Crippen molar-refractivity contribution in [1.29, 1.82) is 0 Å². The standard InChI is InChI=1S/C12H20N4O/c1-8-6-11(17-3)15-12(14-8)16(2)10(7-13)9-4-5-9/h6,9-10H,4-5,7,13H2,1-3H3. The topological polar surface area (TPSA) is 64.3 Å². The van der Waals surface area contributed by atoms with E-state index in [1.54, 1.807) is 7.11 Å². The Balaban J connectivity index is 2.22. The number of likely N-dealkylation sites (N-methyl/N-ethyl adjacent to an activating group) is 1. The predicted octanol–water partition coefficient (Wildman–Crippen LogP) is 0.967. The van der Waals surface area contributed by atoms with Crippen LogP contribution in [0.3, 0.4) is 0 Å². The van der Waals surface area contributed by atoms with Gasteiger partial charge >= 0.3 is 0 Å². The zero-order valence-corrected chi connectivity index (χ0v) is 10.7. The van der Waals surface area contributed by atoms with Crippen molar-refractivity contribution < 1.29 is 4.74 Å². The molecule has 2 rings (SSSR count). The third-order valence-electron chi connectivity index (χ3n) is 3.25. The number of hydrogen-bond donors (Lipinski definition) is 1. The molecule has 0 aromatic carbocycles. The van der Waals surface area contributed by atoms with Crippen LogP contribution in [0.2, 0.25) is 0 Å². The molecule has 1 heterocycles. The summed E-state index contributed by atoms with van der Waals surface area (Å²) in [5.74, 6) is 2.00. The molecule has 0 bridgehead atoms. The zero-order chi connectivity index (χ0) is 12.4. The molecule has 0 saturated heterocycles. The normalized spacial score (nSPS) is 16.7. The molecule has 0 aliphatic heterocycles. The first kappa shape index (κ1) is 12.1. The van der Waals surface area contributed by atoms with Gasteiger partial charge in [0.15, 0.2) is 0 Å². The second-order valence-corrected chi connectivity index (χ2v) is 4.60. The van der Waals surface area contributed by atoms with Gasteiger partial charge in [-0.25, -0.2) is 4.98 Å². The van der Waals surface area contributed by atoms with E-state index in [0.717, 1.165) is 5.69 Å². The lowest BCUT2D eigenvalue weighted by atomic mass is 10.1. The lowest BCUT2D eigenvalue weighted by Gasteiger charge is -2.27. The highest BCUT2D eigenvalue weighted by atomic mass is 16.5. The van der Waals surface area contributed by atoms with Gasteiger partial charge in [-0.15, -0.1) is 0 Å². The van der Waals surface area contributed by atoms with Crippen molar-refractivity contribution in [1.82, 2.24) is 9.97 Å². The van der Waals surface area contributed by atoms with Crippen LogP contribution in [0.5, 0.6) is 5.88 Å². The van der Waals surface area contributed by atoms with Crippen molar-refractivity contribution in [3.05, 3.63) is 11.8 Å². The lowest BCUT2D eigenvalue weighted by molar-refractivity contribution is 0.395. The number of anilines is 1. The van der Waals surface area contributed by atoms with E-state index < -0.39 is 0 Å². The molecule has 1 aliphatic carbocycles. The molecule has 0 spiro atoms. The largest absolute Gasteiger partial charge is 0.481 e. The van der Waals surface area contributed by atoms with Crippen LogP contribution in [0.15, 0.2) is 6.07 Å². The van der Waals surface area contributed by atoms with Gasteiger partial charge in [0, 0.05) is 31.4 Å². The Morgan fingerprint density at radius 3 is 2.76 bits per heavy atom. The number of ether oxygens (including phenoxy) is 1. The summed E-state index contributed by atoms with van der Waals surface area (Å²) in [6.07, 6.45) is 2.52. The van der Waals surface area contributed by atoms with E-state index >= 15 is 0 Å². The molecule has 1 atom stereocenters. The molecule has 5 nitrogen and oxygen atoms in total. The average Bonchev–Trinajstić information content (AvgIpc) is 3.13. The molecule has 1 unspecified atom stereocenters. The number of nitrogens with two attached hydrogens (primary N) is 1. The Morgan fingerprint density at radius 1 is 1.53 bits per heavy atom. The zero-order valence-electron chi connectivity index (χ0n) is 10.7. The lowest BCUT2D eigenvalue weighted by Crippen LogP contribution is -2.40. The van der Waals surface area contributed by atoms with E-state index in [2.05, 4.69) is 14.9 Å². The molecule has 0 amide bonds. The summed E-state index contributed by atoms with van der Waals surface area (Å²) in [7, 11) is 3.62. The minimum absolute atomic E-state index is 0.335. The van der Waals surface area contributed by atoms with E-state index in [1.165, 1.54) is 12.8 Å². The second kappa shape index (κ2) is 4.87. The Labute approximate surface area is 102 Å². The first-order chi connectivity index (χ1) is 8.15. The quantitative estimate of drug-likeness (QED) is 0.825. The SMILES string of the molecule is COc1cc(C)nc(N(C)C(CN)C2CC2)n1. The Morgan fingerprint density at radius 2 is 2.24 bits per heavy atom. The first-order valence-corrected chi connectivity index (χ1v) is 5.98. The van der Waals surface area contributed by atoms with Crippen LogP contribution in [0.1, 0.15) is 18.5 Å². The molecule has 1 aliphatic rings. The highest BCUT2D eigenvalue weighted by molar-refractivity contribution is 5.35. The maximum absolute atomic E-state index is 5.83. The molecule has 1 aromatic heterocycles. The molecule has 1 saturated carbocycles. The minimum atomic E-state index is 0.335. The van der Waals surface area contributed by atoms with Crippen LogP contribution in [0.4, 0.5) is 5.95 Å².